The fourth-order valence-electron chi connectivity index (χ4n) is 10.9. The number of carbonyl (C=O) groups excluding carboxylic acids is 3. The van der Waals surface area contributed by atoms with E-state index in [1.54, 1.807) is 0 Å². The molecule has 0 aromatic carbocycles. The number of ether oxygens (including phenoxy) is 3. The molecule has 0 aromatic heterocycles. The van der Waals surface area contributed by atoms with Gasteiger partial charge in [-0.2, -0.15) is 0 Å². The highest BCUT2D eigenvalue weighted by molar-refractivity contribution is 5.71. The molecule has 0 N–H and O–H groups in total. The van der Waals surface area contributed by atoms with E-state index in [1.165, 1.54) is 289 Å². The maximum atomic E-state index is 12.9. The van der Waals surface area contributed by atoms with Gasteiger partial charge < -0.3 is 14.2 Å². The van der Waals surface area contributed by atoms with Gasteiger partial charge in [0, 0.05) is 19.3 Å². The Kier molecular flexibility index (Phi) is 67.1. The maximum absolute atomic E-state index is 12.9. The van der Waals surface area contributed by atoms with Crippen molar-refractivity contribution in [3.8, 4) is 0 Å². The molecule has 0 aliphatic heterocycles. The fourth-order valence-corrected chi connectivity index (χ4v) is 10.9. The number of hydrogen-bond donors (Lipinski definition) is 0. The molecule has 6 heteroatoms. The lowest BCUT2D eigenvalue weighted by molar-refractivity contribution is -0.167. The summed E-state index contributed by atoms with van der Waals surface area (Å²) < 4.78 is 17.0. The van der Waals surface area contributed by atoms with E-state index in [1.807, 2.05) is 0 Å². The van der Waals surface area contributed by atoms with Crippen LogP contribution in [0.25, 0.3) is 0 Å². The van der Waals surface area contributed by atoms with Gasteiger partial charge in [-0.25, -0.2) is 0 Å². The molecule has 0 heterocycles. The van der Waals surface area contributed by atoms with Crippen molar-refractivity contribution >= 4 is 17.9 Å². The van der Waals surface area contributed by atoms with Gasteiger partial charge in [0.2, 0.25) is 0 Å². The average Bonchev–Trinajstić information content (AvgIpc) is 3.46. The average molecular weight is 1120 g/mol. The number of hydrogen-bond acceptors (Lipinski definition) is 6. The predicted molar refractivity (Wildman–Crippen MR) is 349 cm³/mol. The molecule has 0 aromatic rings. The molecule has 0 fully saturated rings. The molecule has 470 valence electrons. The smallest absolute Gasteiger partial charge is 0.306 e. The van der Waals surface area contributed by atoms with Crippen molar-refractivity contribution < 1.29 is 28.6 Å². The minimum atomic E-state index is -0.778. The Morgan fingerprint density at radius 3 is 0.713 bits per heavy atom. The summed E-state index contributed by atoms with van der Waals surface area (Å²) in [6.07, 6.45) is 86.0. The van der Waals surface area contributed by atoms with Crippen molar-refractivity contribution in [3.63, 3.8) is 0 Å². The summed E-state index contributed by atoms with van der Waals surface area (Å²) in [5, 5.41) is 0. The molecule has 0 aliphatic rings. The van der Waals surface area contributed by atoms with Crippen LogP contribution >= 0.6 is 0 Å². The highest BCUT2D eigenvalue weighted by atomic mass is 16.6. The molecule has 0 rings (SSSR count). The van der Waals surface area contributed by atoms with Crippen LogP contribution in [0.2, 0.25) is 0 Å². The second-order valence-electron chi connectivity index (χ2n) is 24.5. The monoisotopic (exact) mass is 1120 g/mol. The van der Waals surface area contributed by atoms with Crippen LogP contribution in [0.3, 0.4) is 0 Å². The second kappa shape index (κ2) is 69.1. The van der Waals surface area contributed by atoms with Gasteiger partial charge in [-0.1, -0.05) is 340 Å². The van der Waals surface area contributed by atoms with Crippen LogP contribution in [0.4, 0.5) is 0 Å². The van der Waals surface area contributed by atoms with E-state index in [0.717, 1.165) is 70.6 Å². The van der Waals surface area contributed by atoms with Crippen LogP contribution in [0, 0.1) is 0 Å². The van der Waals surface area contributed by atoms with Crippen LogP contribution in [0.5, 0.6) is 0 Å². The molecular weight excluding hydrogens is 985 g/mol. The van der Waals surface area contributed by atoms with E-state index >= 15 is 0 Å². The Hall–Kier alpha value is -2.37. The molecule has 0 amide bonds. The minimum absolute atomic E-state index is 0.0721. The number of allylic oxidation sites excluding steroid dienone is 6. The third kappa shape index (κ3) is 66.4. The van der Waals surface area contributed by atoms with E-state index in [0.29, 0.717) is 19.3 Å². The quantitative estimate of drug-likeness (QED) is 0.0261. The molecular formula is C74H138O6. The molecule has 0 radical (unpaired) electrons. The Morgan fingerprint density at radius 1 is 0.250 bits per heavy atom. The van der Waals surface area contributed by atoms with Gasteiger partial charge in [-0.3, -0.25) is 14.4 Å². The SMILES string of the molecule is CCCCCC/C=C\C/C=C\CCCCCCCCCC(=O)OC(COC(=O)CCCCCCCCC/C=C\CCCCCCCC)COC(=O)CCCCCCCCCCCCCCCCCCCCCCCCCCCCC. The number of carbonyl (C=O) groups is 3. The molecule has 6 nitrogen and oxygen atoms in total. The van der Waals surface area contributed by atoms with Crippen molar-refractivity contribution in [3.05, 3.63) is 36.5 Å². The van der Waals surface area contributed by atoms with E-state index < -0.39 is 6.10 Å². The van der Waals surface area contributed by atoms with E-state index in [9.17, 15) is 14.4 Å². The largest absolute Gasteiger partial charge is 0.462 e. The first-order chi connectivity index (χ1) is 39.5. The number of unbranched alkanes of at least 4 members (excludes halogenated alkanes) is 50. The van der Waals surface area contributed by atoms with Crippen molar-refractivity contribution in [2.75, 3.05) is 13.2 Å². The standard InChI is InChI=1S/C74H138O6/c1-4-7-10-13-16-19-22-25-28-31-33-34-35-36-37-38-39-40-41-44-46-49-52-55-58-61-64-67-73(76)79-70-71(69-78-72(75)66-63-60-57-54-51-48-45-42-30-27-24-21-18-15-12-9-6-3)80-74(77)68-65-62-59-56-53-50-47-43-32-29-26-23-20-17-14-11-8-5-2/h20,23,27,29-30,32,71H,4-19,21-22,24-26,28,31,33-70H2,1-3H3/b23-20-,30-27-,32-29-. The van der Waals surface area contributed by atoms with E-state index in [-0.39, 0.29) is 31.1 Å². The Labute approximate surface area is 499 Å². The van der Waals surface area contributed by atoms with Crippen LogP contribution in [0.1, 0.15) is 400 Å². The zero-order valence-electron chi connectivity index (χ0n) is 54.1. The number of rotatable bonds is 67. The summed E-state index contributed by atoms with van der Waals surface area (Å²) in [6.45, 7) is 6.69. The van der Waals surface area contributed by atoms with E-state index in [4.69, 9.17) is 14.2 Å². The Bertz CT molecular complexity index is 1340. The van der Waals surface area contributed by atoms with Crippen LogP contribution in [0.15, 0.2) is 36.5 Å². The zero-order chi connectivity index (χ0) is 57.8. The summed E-state index contributed by atoms with van der Waals surface area (Å²) in [6, 6.07) is 0. The first kappa shape index (κ1) is 77.6. The Balaban J connectivity index is 4.25. The van der Waals surface area contributed by atoms with Gasteiger partial charge in [0.1, 0.15) is 13.2 Å². The first-order valence-electron chi connectivity index (χ1n) is 36.0. The normalized spacial score (nSPS) is 12.2. The molecule has 0 spiro atoms. The van der Waals surface area contributed by atoms with Crippen molar-refractivity contribution in [2.24, 2.45) is 0 Å². The third-order valence-corrected chi connectivity index (χ3v) is 16.4. The van der Waals surface area contributed by atoms with Gasteiger partial charge in [-0.05, 0) is 77.0 Å². The van der Waals surface area contributed by atoms with Gasteiger partial charge >= 0.3 is 17.9 Å². The molecule has 1 unspecified atom stereocenters. The van der Waals surface area contributed by atoms with Crippen LogP contribution in [-0.4, -0.2) is 37.2 Å². The molecule has 0 bridgehead atoms. The van der Waals surface area contributed by atoms with Gasteiger partial charge in [-0.15, -0.1) is 0 Å². The summed E-state index contributed by atoms with van der Waals surface area (Å²) in [5.41, 5.74) is 0. The van der Waals surface area contributed by atoms with Gasteiger partial charge in [0.05, 0.1) is 0 Å². The molecule has 0 saturated carbocycles. The van der Waals surface area contributed by atoms with Gasteiger partial charge in [0.15, 0.2) is 6.10 Å². The van der Waals surface area contributed by atoms with Crippen LogP contribution < -0.4 is 0 Å². The first-order valence-corrected chi connectivity index (χ1v) is 36.0. The summed E-state index contributed by atoms with van der Waals surface area (Å²) in [7, 11) is 0. The molecule has 1 atom stereocenters. The van der Waals surface area contributed by atoms with Gasteiger partial charge in [0.25, 0.3) is 0 Å². The molecule has 80 heavy (non-hydrogen) atoms. The van der Waals surface area contributed by atoms with Crippen LogP contribution in [-0.2, 0) is 28.6 Å². The highest BCUT2D eigenvalue weighted by Crippen LogP contribution is 2.19. The lowest BCUT2D eigenvalue weighted by Crippen LogP contribution is -2.30. The molecule has 0 saturated heterocycles. The predicted octanol–water partition coefficient (Wildman–Crippen LogP) is 24.7. The van der Waals surface area contributed by atoms with Crippen molar-refractivity contribution in [2.45, 2.75) is 406 Å². The fraction of sp³-hybridized carbons (Fsp3) is 0.878. The third-order valence-electron chi connectivity index (χ3n) is 16.4. The van der Waals surface area contributed by atoms with E-state index in [2.05, 4.69) is 57.2 Å². The maximum Gasteiger partial charge on any atom is 0.306 e. The van der Waals surface area contributed by atoms with Crippen molar-refractivity contribution in [1.29, 1.82) is 0 Å². The summed E-state index contributed by atoms with van der Waals surface area (Å²) in [5.74, 6) is -0.855. The lowest BCUT2D eigenvalue weighted by atomic mass is 10.0. The summed E-state index contributed by atoms with van der Waals surface area (Å²) in [4.78, 5) is 38.5. The topological polar surface area (TPSA) is 78.9 Å². The highest BCUT2D eigenvalue weighted by Gasteiger charge is 2.19. The zero-order valence-corrected chi connectivity index (χ0v) is 54.1. The molecule has 0 aliphatic carbocycles. The summed E-state index contributed by atoms with van der Waals surface area (Å²) >= 11 is 0. The minimum Gasteiger partial charge on any atom is -0.462 e. The van der Waals surface area contributed by atoms with Crippen molar-refractivity contribution in [1.82, 2.24) is 0 Å². The number of esters is 3. The Morgan fingerprint density at radius 2 is 0.450 bits per heavy atom. The lowest BCUT2D eigenvalue weighted by Gasteiger charge is -2.18. The second-order valence-corrected chi connectivity index (χ2v) is 24.5.